The van der Waals surface area contributed by atoms with E-state index in [1.165, 1.54) is 5.57 Å². The molecule has 10 heteroatoms. The minimum atomic E-state index is -1.67. The lowest BCUT2D eigenvalue weighted by molar-refractivity contribution is -0.297. The van der Waals surface area contributed by atoms with Gasteiger partial charge in [-0.1, -0.05) is 58.4 Å². The van der Waals surface area contributed by atoms with Gasteiger partial charge >= 0.3 is 5.97 Å². The molecule has 4 saturated carbocycles. The minimum absolute atomic E-state index is 0.0425. The van der Waals surface area contributed by atoms with E-state index in [2.05, 4.69) is 40.3 Å². The van der Waals surface area contributed by atoms with Gasteiger partial charge in [0.15, 0.2) is 0 Å². The summed E-state index contributed by atoms with van der Waals surface area (Å²) in [6, 6.07) is 0. The molecule has 1 aliphatic heterocycles. The van der Waals surface area contributed by atoms with Crippen molar-refractivity contribution in [1.29, 1.82) is 0 Å². The Kier molecular flexibility index (Phi) is 8.50. The summed E-state index contributed by atoms with van der Waals surface area (Å²) in [5.74, 6) is -0.411. The number of hydrogen-bond donors (Lipinski definition) is 7. The van der Waals surface area contributed by atoms with Crippen molar-refractivity contribution in [2.24, 2.45) is 50.7 Å². The Morgan fingerprint density at radius 2 is 1.65 bits per heavy atom. The highest BCUT2D eigenvalue weighted by molar-refractivity contribution is 5.80. The normalized spacial score (nSPS) is 55.3. The molecule has 5 fully saturated rings. The molecule has 6 aliphatic rings. The van der Waals surface area contributed by atoms with Crippen LogP contribution in [0.5, 0.6) is 0 Å². The topological polar surface area (TPSA) is 177 Å². The summed E-state index contributed by atoms with van der Waals surface area (Å²) in [5.41, 5.74) is -0.363. The molecular weight excluding hydrogens is 592 g/mol. The molecule has 16 atom stereocenters. The molecule has 46 heavy (non-hydrogen) atoms. The predicted octanol–water partition coefficient (Wildman–Crippen LogP) is 2.21. The third kappa shape index (κ3) is 4.40. The van der Waals surface area contributed by atoms with Crippen LogP contribution in [0, 0.1) is 50.7 Å². The van der Waals surface area contributed by atoms with Crippen LogP contribution in [0.1, 0.15) is 86.0 Å². The van der Waals surface area contributed by atoms with E-state index in [1.54, 1.807) is 0 Å². The van der Waals surface area contributed by atoms with Gasteiger partial charge in [0.05, 0.1) is 30.8 Å². The molecule has 5 aliphatic carbocycles. The third-order valence-corrected chi connectivity index (χ3v) is 15.1. The molecule has 0 amide bonds. The van der Waals surface area contributed by atoms with E-state index in [9.17, 15) is 40.5 Å². The smallest absolute Gasteiger partial charge is 0.315 e. The average molecular weight is 649 g/mol. The summed E-state index contributed by atoms with van der Waals surface area (Å²) in [4.78, 5) is 14.4. The Morgan fingerprint density at radius 1 is 0.957 bits per heavy atom. The van der Waals surface area contributed by atoms with E-state index in [-0.39, 0.29) is 46.5 Å². The van der Waals surface area contributed by atoms with Crippen LogP contribution in [-0.2, 0) is 14.3 Å². The first-order chi connectivity index (χ1) is 21.5. The van der Waals surface area contributed by atoms with E-state index >= 15 is 0 Å². The van der Waals surface area contributed by atoms with Crippen LogP contribution in [0.2, 0.25) is 0 Å². The number of fused-ring (bicyclic) bond motifs is 7. The lowest BCUT2D eigenvalue weighted by Gasteiger charge is -2.71. The van der Waals surface area contributed by atoms with Crippen molar-refractivity contribution in [3.63, 3.8) is 0 Å². The number of esters is 1. The van der Waals surface area contributed by atoms with Gasteiger partial charge in [0.1, 0.15) is 24.4 Å². The Morgan fingerprint density at radius 3 is 2.30 bits per heavy atom. The van der Waals surface area contributed by atoms with Gasteiger partial charge in [0.25, 0.3) is 0 Å². The van der Waals surface area contributed by atoms with Crippen LogP contribution in [0.25, 0.3) is 0 Å². The standard InChI is InChI=1S/C36H56O10/c1-18-9-12-36(31(44)46-30-28(42)27(41)26(40)22(16-37)45-30)14-13-34(5)20(25(36)19(18)2)7-8-24-32(3)15-21(39)29(43)33(4,17-38)23(32)10-11-35(24,34)6/h7,18,21-30,37-43H,2,8-17H2,1,3-6H3/t18-,21-,22-,23-,24-,25+,26-,27+,28-,29+,30+,32+,33+,34-,35-,36+/m1/s1. The fourth-order valence-corrected chi connectivity index (χ4v) is 11.9. The Hall–Kier alpha value is -1.37. The van der Waals surface area contributed by atoms with Crippen molar-refractivity contribution in [2.75, 3.05) is 13.2 Å². The summed E-state index contributed by atoms with van der Waals surface area (Å²) in [5, 5.41) is 73.7. The van der Waals surface area contributed by atoms with Crippen molar-refractivity contribution in [3.05, 3.63) is 23.8 Å². The van der Waals surface area contributed by atoms with Gasteiger partial charge < -0.3 is 45.2 Å². The molecule has 260 valence electrons. The molecule has 0 spiro atoms. The highest BCUT2D eigenvalue weighted by Crippen LogP contribution is 2.75. The Balaban J connectivity index is 1.37. The number of carbonyl (C=O) groups is 1. The number of carbonyl (C=O) groups excluding carboxylic acids is 1. The van der Waals surface area contributed by atoms with Crippen LogP contribution in [0.3, 0.4) is 0 Å². The summed E-state index contributed by atoms with van der Waals surface area (Å²) < 4.78 is 11.5. The number of rotatable bonds is 4. The van der Waals surface area contributed by atoms with E-state index in [0.29, 0.717) is 19.3 Å². The number of allylic oxidation sites excluding steroid dienone is 3. The fraction of sp³-hybridized carbons (Fsp3) is 0.861. The van der Waals surface area contributed by atoms with Gasteiger partial charge in [-0.2, -0.15) is 0 Å². The van der Waals surface area contributed by atoms with Gasteiger partial charge in [-0.05, 0) is 85.4 Å². The first-order valence-electron chi connectivity index (χ1n) is 17.3. The first kappa shape index (κ1) is 34.5. The molecule has 0 aromatic heterocycles. The predicted molar refractivity (Wildman–Crippen MR) is 168 cm³/mol. The fourth-order valence-electron chi connectivity index (χ4n) is 11.9. The molecule has 10 nitrogen and oxygen atoms in total. The van der Waals surface area contributed by atoms with Crippen LogP contribution < -0.4 is 0 Å². The van der Waals surface area contributed by atoms with E-state index in [4.69, 9.17) is 9.47 Å². The van der Waals surface area contributed by atoms with Crippen LogP contribution in [0.4, 0.5) is 0 Å². The van der Waals surface area contributed by atoms with Gasteiger partial charge in [0, 0.05) is 11.3 Å². The highest BCUT2D eigenvalue weighted by Gasteiger charge is 2.71. The molecule has 1 heterocycles. The van der Waals surface area contributed by atoms with Gasteiger partial charge in [-0.15, -0.1) is 0 Å². The summed E-state index contributed by atoms with van der Waals surface area (Å²) in [7, 11) is 0. The van der Waals surface area contributed by atoms with Gasteiger partial charge in [0.2, 0.25) is 6.29 Å². The molecule has 6 rings (SSSR count). The van der Waals surface area contributed by atoms with E-state index in [0.717, 1.165) is 37.7 Å². The number of ether oxygens (including phenoxy) is 2. The zero-order valence-corrected chi connectivity index (χ0v) is 28.1. The second-order valence-electron chi connectivity index (χ2n) is 16.9. The van der Waals surface area contributed by atoms with Crippen molar-refractivity contribution in [3.8, 4) is 0 Å². The maximum absolute atomic E-state index is 14.4. The summed E-state index contributed by atoms with van der Waals surface area (Å²) in [6.07, 6.45) is -1.67. The van der Waals surface area contributed by atoms with Crippen LogP contribution in [-0.4, -0.2) is 97.8 Å². The highest BCUT2D eigenvalue weighted by atomic mass is 16.7. The number of hydrogen-bond acceptors (Lipinski definition) is 10. The summed E-state index contributed by atoms with van der Waals surface area (Å²) >= 11 is 0. The maximum atomic E-state index is 14.4. The molecular formula is C36H56O10. The monoisotopic (exact) mass is 648 g/mol. The quantitative estimate of drug-likeness (QED) is 0.177. The van der Waals surface area contributed by atoms with Crippen molar-refractivity contribution < 1.29 is 50.0 Å². The molecule has 0 unspecified atom stereocenters. The maximum Gasteiger partial charge on any atom is 0.315 e. The zero-order chi connectivity index (χ0) is 33.8. The first-order valence-corrected chi connectivity index (χ1v) is 17.3. The van der Waals surface area contributed by atoms with E-state index < -0.39 is 66.3 Å². The number of aliphatic hydroxyl groups excluding tert-OH is 7. The zero-order valence-electron chi connectivity index (χ0n) is 28.1. The Labute approximate surface area is 272 Å². The molecule has 0 bridgehead atoms. The van der Waals surface area contributed by atoms with Crippen LogP contribution in [0.15, 0.2) is 23.8 Å². The van der Waals surface area contributed by atoms with Crippen molar-refractivity contribution in [1.82, 2.24) is 0 Å². The molecule has 7 N–H and O–H groups in total. The van der Waals surface area contributed by atoms with Crippen molar-refractivity contribution in [2.45, 2.75) is 129 Å². The lowest BCUT2D eigenvalue weighted by atomic mass is 9.33. The van der Waals surface area contributed by atoms with Crippen molar-refractivity contribution >= 4 is 5.97 Å². The lowest BCUT2D eigenvalue weighted by Crippen LogP contribution is -2.68. The molecule has 0 aromatic carbocycles. The molecule has 0 radical (unpaired) electrons. The second kappa shape index (κ2) is 11.3. The number of aliphatic hydroxyl groups is 7. The van der Waals surface area contributed by atoms with Crippen LogP contribution >= 0.6 is 0 Å². The average Bonchev–Trinajstić information content (AvgIpc) is 3.02. The third-order valence-electron chi connectivity index (χ3n) is 15.1. The minimum Gasteiger partial charge on any atom is -0.432 e. The molecule has 1 saturated heterocycles. The SMILES string of the molecule is C=C1[C@H]2C3=CC[C@@H]4[C@@]5(C)C[C@@H](O)[C@H](O)[C@@](C)(CO)[C@@H]5CC[C@@]4(C)[C@]3(C)CC[C@@]2(C(=O)O[C@@H]2O[C@H](CO)[C@@H](O)[C@H](O)[C@H]2O)CC[C@H]1C. The summed E-state index contributed by atoms with van der Waals surface area (Å²) in [6.45, 7) is 14.8. The Bertz CT molecular complexity index is 1270. The van der Waals surface area contributed by atoms with Gasteiger partial charge in [-0.3, -0.25) is 4.79 Å². The largest absolute Gasteiger partial charge is 0.432 e. The van der Waals surface area contributed by atoms with Gasteiger partial charge in [-0.25, -0.2) is 0 Å². The second-order valence-corrected chi connectivity index (χ2v) is 16.9. The van der Waals surface area contributed by atoms with E-state index in [1.807, 2.05) is 6.92 Å². The molecule has 0 aromatic rings.